The Morgan fingerprint density at radius 3 is 2.37 bits per heavy atom. The zero-order valence-electron chi connectivity index (χ0n) is 16.7. The van der Waals surface area contributed by atoms with Gasteiger partial charge < -0.3 is 0 Å². The summed E-state index contributed by atoms with van der Waals surface area (Å²) >= 11 is 0. The molecule has 2 aromatic rings. The van der Waals surface area contributed by atoms with Crippen LogP contribution in [0, 0.1) is 30.5 Å². The van der Waals surface area contributed by atoms with Gasteiger partial charge in [0.2, 0.25) is 0 Å². The van der Waals surface area contributed by atoms with Crippen molar-refractivity contribution in [2.24, 2.45) is 5.92 Å². The summed E-state index contributed by atoms with van der Waals surface area (Å²) in [5, 5.41) is 0. The molecule has 3 rings (SSSR count). The number of halogens is 1. The maximum Gasteiger partial charge on any atom is 0.139 e. The molecule has 2 aromatic carbocycles. The van der Waals surface area contributed by atoms with Gasteiger partial charge in [-0.1, -0.05) is 67.5 Å². The summed E-state index contributed by atoms with van der Waals surface area (Å²) in [6, 6.07) is 14.5. The Bertz CT molecular complexity index is 783. The van der Waals surface area contributed by atoms with Gasteiger partial charge in [0.05, 0.1) is 5.56 Å². The molecule has 0 atom stereocenters. The summed E-state index contributed by atoms with van der Waals surface area (Å²) in [5.74, 6) is 7.35. The van der Waals surface area contributed by atoms with Gasteiger partial charge in [-0.3, -0.25) is 0 Å². The molecule has 27 heavy (non-hydrogen) atoms. The van der Waals surface area contributed by atoms with E-state index < -0.39 is 0 Å². The average molecular weight is 363 g/mol. The van der Waals surface area contributed by atoms with Crippen molar-refractivity contribution in [1.82, 2.24) is 0 Å². The average Bonchev–Trinajstić information content (AvgIpc) is 2.69. The van der Waals surface area contributed by atoms with E-state index in [4.69, 9.17) is 0 Å². The lowest BCUT2D eigenvalue weighted by Gasteiger charge is -2.26. The van der Waals surface area contributed by atoms with E-state index >= 15 is 0 Å². The normalized spacial score (nSPS) is 19.4. The van der Waals surface area contributed by atoms with Crippen molar-refractivity contribution in [3.8, 4) is 11.8 Å². The van der Waals surface area contributed by atoms with Crippen LogP contribution >= 0.6 is 0 Å². The van der Waals surface area contributed by atoms with E-state index in [-0.39, 0.29) is 5.82 Å². The summed E-state index contributed by atoms with van der Waals surface area (Å²) in [7, 11) is 0. The summed E-state index contributed by atoms with van der Waals surface area (Å²) in [4.78, 5) is 0. The van der Waals surface area contributed by atoms with Crippen LogP contribution in [0.2, 0.25) is 0 Å². The number of hydrogen-bond acceptors (Lipinski definition) is 0. The molecule has 1 saturated carbocycles. The van der Waals surface area contributed by atoms with Crippen LogP contribution < -0.4 is 0 Å². The van der Waals surface area contributed by atoms with Gasteiger partial charge in [0.15, 0.2) is 0 Å². The molecular weight excluding hydrogens is 331 g/mol. The van der Waals surface area contributed by atoms with Crippen LogP contribution in [0.15, 0.2) is 42.5 Å². The quantitative estimate of drug-likeness (QED) is 0.390. The predicted molar refractivity (Wildman–Crippen MR) is 112 cm³/mol. The van der Waals surface area contributed by atoms with Crippen molar-refractivity contribution >= 4 is 0 Å². The van der Waals surface area contributed by atoms with Gasteiger partial charge in [0.25, 0.3) is 0 Å². The molecule has 0 aromatic heterocycles. The molecule has 0 saturated heterocycles. The molecule has 0 amide bonds. The lowest BCUT2D eigenvalue weighted by atomic mass is 9.79. The highest BCUT2D eigenvalue weighted by Gasteiger charge is 2.21. The summed E-state index contributed by atoms with van der Waals surface area (Å²) in [5.41, 5.74) is 4.41. The van der Waals surface area contributed by atoms with Crippen molar-refractivity contribution in [2.45, 2.75) is 71.1 Å². The molecule has 1 aliphatic rings. The zero-order valence-corrected chi connectivity index (χ0v) is 16.7. The molecule has 0 radical (unpaired) electrons. The van der Waals surface area contributed by atoms with E-state index in [2.05, 4.69) is 50.0 Å². The second-order valence-corrected chi connectivity index (χ2v) is 8.00. The van der Waals surface area contributed by atoms with Gasteiger partial charge >= 0.3 is 0 Å². The second kappa shape index (κ2) is 9.75. The van der Waals surface area contributed by atoms with E-state index in [0.29, 0.717) is 17.4 Å². The highest BCUT2D eigenvalue weighted by atomic mass is 19.1. The van der Waals surface area contributed by atoms with Crippen LogP contribution in [0.3, 0.4) is 0 Å². The molecule has 0 N–H and O–H groups in total. The van der Waals surface area contributed by atoms with Crippen molar-refractivity contribution in [3.63, 3.8) is 0 Å². The van der Waals surface area contributed by atoms with E-state index in [1.807, 2.05) is 12.1 Å². The first-order chi connectivity index (χ1) is 13.2. The van der Waals surface area contributed by atoms with Gasteiger partial charge in [-0.25, -0.2) is 4.39 Å². The lowest BCUT2D eigenvalue weighted by molar-refractivity contribution is 0.384. The highest BCUT2D eigenvalue weighted by Crippen LogP contribution is 2.35. The minimum Gasteiger partial charge on any atom is -0.206 e. The van der Waals surface area contributed by atoms with Crippen molar-refractivity contribution in [1.29, 1.82) is 0 Å². The second-order valence-electron chi connectivity index (χ2n) is 8.00. The molecule has 0 nitrogen and oxygen atoms in total. The van der Waals surface area contributed by atoms with Crippen LogP contribution in [0.1, 0.15) is 80.0 Å². The zero-order chi connectivity index (χ0) is 19.1. The van der Waals surface area contributed by atoms with Gasteiger partial charge in [0, 0.05) is 5.92 Å². The Labute approximate surface area is 164 Å². The molecule has 0 aliphatic heterocycles. The number of hydrogen-bond donors (Lipinski definition) is 0. The Morgan fingerprint density at radius 2 is 1.70 bits per heavy atom. The summed E-state index contributed by atoms with van der Waals surface area (Å²) in [6.07, 6.45) is 9.08. The number of rotatable bonds is 5. The molecule has 142 valence electrons. The summed E-state index contributed by atoms with van der Waals surface area (Å²) < 4.78 is 14.3. The van der Waals surface area contributed by atoms with Crippen LogP contribution in [-0.2, 0) is 6.42 Å². The van der Waals surface area contributed by atoms with Gasteiger partial charge in [0.1, 0.15) is 5.82 Å². The van der Waals surface area contributed by atoms with Crippen LogP contribution in [0.4, 0.5) is 4.39 Å². The van der Waals surface area contributed by atoms with E-state index in [1.165, 1.54) is 36.8 Å². The highest BCUT2D eigenvalue weighted by molar-refractivity contribution is 5.38. The maximum absolute atomic E-state index is 14.3. The predicted octanol–water partition coefficient (Wildman–Crippen LogP) is 7.19. The van der Waals surface area contributed by atoms with Gasteiger partial charge in [-0.2, -0.15) is 0 Å². The van der Waals surface area contributed by atoms with Crippen molar-refractivity contribution in [2.75, 3.05) is 0 Å². The van der Waals surface area contributed by atoms with Crippen LogP contribution in [-0.4, -0.2) is 0 Å². The number of benzene rings is 2. The van der Waals surface area contributed by atoms with Gasteiger partial charge in [-0.15, -0.1) is 0 Å². The Balaban J connectivity index is 1.55. The van der Waals surface area contributed by atoms with E-state index in [9.17, 15) is 4.39 Å². The Kier molecular flexibility index (Phi) is 7.11. The Hall–Kier alpha value is -2.07. The van der Waals surface area contributed by atoms with Crippen molar-refractivity contribution < 1.29 is 4.39 Å². The third kappa shape index (κ3) is 5.70. The first-order valence-electron chi connectivity index (χ1n) is 10.5. The smallest absolute Gasteiger partial charge is 0.139 e. The fraction of sp³-hybridized carbons (Fsp3) is 0.462. The Morgan fingerprint density at radius 1 is 0.963 bits per heavy atom. The number of aryl methyl sites for hydroxylation is 2. The third-order valence-electron chi connectivity index (χ3n) is 5.79. The standard InChI is InChI=1S/C26H31F/c1-3-4-5-6-22-12-18-25(26(27)19-22)17-11-21-9-15-24(16-10-21)23-13-7-20(2)8-14-23/h7-8,12-14,18-19,21,24H,3-6,9-10,15-16H2,1-2H3/t21-,24-. The van der Waals surface area contributed by atoms with Crippen molar-refractivity contribution in [3.05, 3.63) is 70.5 Å². The molecule has 1 fully saturated rings. The molecule has 1 aliphatic carbocycles. The number of unbranched alkanes of at least 4 members (excludes halogenated alkanes) is 2. The molecule has 0 bridgehead atoms. The van der Waals surface area contributed by atoms with E-state index in [1.54, 1.807) is 6.07 Å². The molecule has 1 heteroatoms. The minimum atomic E-state index is -0.162. The van der Waals surface area contributed by atoms with Crippen LogP contribution in [0.25, 0.3) is 0 Å². The molecule has 0 spiro atoms. The van der Waals surface area contributed by atoms with Gasteiger partial charge in [-0.05, 0) is 74.6 Å². The third-order valence-corrected chi connectivity index (χ3v) is 5.79. The maximum atomic E-state index is 14.3. The molecule has 0 unspecified atom stereocenters. The fourth-order valence-corrected chi connectivity index (χ4v) is 3.98. The first kappa shape index (κ1) is 19.7. The summed E-state index contributed by atoms with van der Waals surface area (Å²) in [6.45, 7) is 4.32. The molecule has 0 heterocycles. The first-order valence-corrected chi connectivity index (χ1v) is 10.5. The van der Waals surface area contributed by atoms with Crippen LogP contribution in [0.5, 0.6) is 0 Å². The fourth-order valence-electron chi connectivity index (χ4n) is 3.98. The molecular formula is C26H31F. The minimum absolute atomic E-state index is 0.162. The SMILES string of the molecule is CCCCCc1ccc(C#C[C@H]2CC[C@H](c3ccc(C)cc3)CC2)c(F)c1. The monoisotopic (exact) mass is 362 g/mol. The largest absolute Gasteiger partial charge is 0.206 e. The van der Waals surface area contributed by atoms with E-state index in [0.717, 1.165) is 31.2 Å². The lowest BCUT2D eigenvalue weighted by Crippen LogP contribution is -2.12. The topological polar surface area (TPSA) is 0 Å².